The van der Waals surface area contributed by atoms with Crippen molar-refractivity contribution in [2.75, 3.05) is 0 Å². The zero-order chi connectivity index (χ0) is 33.9. The van der Waals surface area contributed by atoms with Crippen molar-refractivity contribution < 1.29 is 38.1 Å². The number of hydrogen-bond acceptors (Lipinski definition) is 10. The second-order valence-electron chi connectivity index (χ2n) is 12.4. The lowest BCUT2D eigenvalue weighted by atomic mass is 9.88. The molecule has 0 aromatic carbocycles. The second-order valence-corrected chi connectivity index (χ2v) is 12.4. The van der Waals surface area contributed by atoms with Crippen LogP contribution in [0.3, 0.4) is 0 Å². The number of rotatable bonds is 0. The van der Waals surface area contributed by atoms with Gasteiger partial charge in [0.2, 0.25) is 0 Å². The molecule has 8 N–H and O–H groups in total. The summed E-state index contributed by atoms with van der Waals surface area (Å²) in [5.41, 5.74) is 15.4. The molecule has 0 saturated carbocycles. The topological polar surface area (TPSA) is 205 Å². The van der Waals surface area contributed by atoms with Gasteiger partial charge in [-0.15, -0.1) is 0 Å². The molecule has 4 aliphatic carbocycles. The van der Waals surface area contributed by atoms with Crippen LogP contribution < -0.4 is 32.7 Å². The predicted molar refractivity (Wildman–Crippen MR) is 176 cm³/mol. The summed E-state index contributed by atoms with van der Waals surface area (Å²) >= 11 is 0. The summed E-state index contributed by atoms with van der Waals surface area (Å²) in [7, 11) is 0. The van der Waals surface area contributed by atoms with Crippen LogP contribution in [-0.2, 0) is 18.9 Å². The largest absolute Gasteiger partial charge is 0.446 e. The summed E-state index contributed by atoms with van der Waals surface area (Å²) in [4.78, 5) is 52.1. The molecule has 48 heavy (non-hydrogen) atoms. The Bertz CT molecular complexity index is 1290. The average Bonchev–Trinajstić information content (AvgIpc) is 2.98. The van der Waals surface area contributed by atoms with E-state index in [1.165, 1.54) is 0 Å². The first-order valence-electron chi connectivity index (χ1n) is 16.8. The number of allylic oxidation sites excluding steroid dienone is 10. The van der Waals surface area contributed by atoms with E-state index in [-0.39, 0.29) is 0 Å². The van der Waals surface area contributed by atoms with Gasteiger partial charge in [-0.25, -0.2) is 19.2 Å². The van der Waals surface area contributed by atoms with E-state index in [0.717, 1.165) is 48.0 Å². The van der Waals surface area contributed by atoms with Crippen LogP contribution in [0.5, 0.6) is 0 Å². The number of nitrogens with one attached hydrogen (secondary N) is 4. The number of carbonyl (C=O) groups excluding carboxylic acids is 4. The van der Waals surface area contributed by atoms with Gasteiger partial charge in [0, 0.05) is 12.8 Å². The van der Waals surface area contributed by atoms with Crippen molar-refractivity contribution in [1.29, 1.82) is 0 Å². The van der Waals surface area contributed by atoms with Gasteiger partial charge < -0.3 is 18.9 Å². The van der Waals surface area contributed by atoms with E-state index in [9.17, 15) is 19.2 Å². The average molecular weight is 667 g/mol. The molecule has 14 nitrogen and oxygen atoms in total. The molecule has 6 atom stereocenters. The molecular formula is C34H46N6O8. The maximum atomic E-state index is 13.1. The molecule has 1 saturated heterocycles. The SMILES string of the molecule is NC1NC(=O)OC2CC/C=C/C3=C(\C2)C(CCCC=C3)OC(=O)N[C@H](N)NC(=O)OC2CC/C=C/C3=C(\C2)C(CCCC=C3)OC(=O)N1. The Morgan fingerprint density at radius 2 is 0.854 bits per heavy atom. The molecular weight excluding hydrogens is 620 g/mol. The summed E-state index contributed by atoms with van der Waals surface area (Å²) in [6.07, 6.45) is 14.7. The third-order valence-corrected chi connectivity index (χ3v) is 8.73. The highest BCUT2D eigenvalue weighted by Gasteiger charge is 2.31. The van der Waals surface area contributed by atoms with E-state index in [4.69, 9.17) is 30.4 Å². The Balaban J connectivity index is 1.41. The first-order chi connectivity index (χ1) is 23.2. The van der Waals surface area contributed by atoms with E-state index in [1.807, 2.05) is 36.5 Å². The van der Waals surface area contributed by atoms with E-state index < -0.39 is 61.4 Å². The molecule has 4 bridgehead atoms. The molecule has 1 fully saturated rings. The second kappa shape index (κ2) is 17.0. The number of fused-ring (bicyclic) bond motifs is 2. The Labute approximate surface area is 280 Å². The van der Waals surface area contributed by atoms with Crippen LogP contribution in [0.4, 0.5) is 19.2 Å². The van der Waals surface area contributed by atoms with E-state index >= 15 is 0 Å². The first kappa shape index (κ1) is 34.8. The van der Waals surface area contributed by atoms with E-state index in [0.29, 0.717) is 51.4 Å². The van der Waals surface area contributed by atoms with Crippen LogP contribution in [0.15, 0.2) is 70.9 Å². The molecule has 1 heterocycles. The van der Waals surface area contributed by atoms with Gasteiger partial charge in [-0.3, -0.25) is 32.7 Å². The molecule has 5 rings (SSSR count). The zero-order valence-electron chi connectivity index (χ0n) is 27.0. The van der Waals surface area contributed by atoms with Crippen molar-refractivity contribution in [3.63, 3.8) is 0 Å². The Morgan fingerprint density at radius 3 is 1.25 bits per heavy atom. The highest BCUT2D eigenvalue weighted by atomic mass is 16.6. The van der Waals surface area contributed by atoms with Gasteiger partial charge in [-0.1, -0.05) is 48.6 Å². The quantitative estimate of drug-likeness (QED) is 0.201. The Morgan fingerprint density at radius 1 is 0.500 bits per heavy atom. The van der Waals surface area contributed by atoms with Crippen LogP contribution in [-0.4, -0.2) is 61.4 Å². The van der Waals surface area contributed by atoms with Crippen molar-refractivity contribution >= 4 is 24.4 Å². The van der Waals surface area contributed by atoms with E-state index in [2.05, 4.69) is 33.4 Å². The molecule has 260 valence electrons. The fraction of sp³-hybridized carbons (Fsp3) is 0.529. The van der Waals surface area contributed by atoms with Gasteiger partial charge in [-0.2, -0.15) is 0 Å². The van der Waals surface area contributed by atoms with Gasteiger partial charge in [0.15, 0.2) is 12.6 Å². The minimum absolute atomic E-state index is 0.292. The summed E-state index contributed by atoms with van der Waals surface area (Å²) in [6.45, 7) is 0. The smallest absolute Gasteiger partial charge is 0.410 e. The van der Waals surface area contributed by atoms with Crippen LogP contribution >= 0.6 is 0 Å². The maximum Gasteiger partial charge on any atom is 0.410 e. The molecule has 5 aliphatic rings. The minimum Gasteiger partial charge on any atom is -0.446 e. The first-order valence-corrected chi connectivity index (χ1v) is 16.8. The summed E-state index contributed by atoms with van der Waals surface area (Å²) < 4.78 is 23.3. The van der Waals surface area contributed by atoms with Crippen molar-refractivity contribution in [3.8, 4) is 0 Å². The Kier molecular flexibility index (Phi) is 12.3. The fourth-order valence-electron chi connectivity index (χ4n) is 6.44. The molecule has 0 aromatic heterocycles. The number of nitrogens with two attached hydrogens (primary N) is 2. The molecule has 0 aromatic rings. The van der Waals surface area contributed by atoms with E-state index in [1.54, 1.807) is 0 Å². The molecule has 0 spiro atoms. The molecule has 14 heteroatoms. The van der Waals surface area contributed by atoms with Gasteiger partial charge in [0.1, 0.15) is 24.4 Å². The van der Waals surface area contributed by atoms with Crippen molar-refractivity contribution in [1.82, 2.24) is 21.3 Å². The molecule has 5 unspecified atom stereocenters. The van der Waals surface area contributed by atoms with Gasteiger partial charge in [0.25, 0.3) is 0 Å². The van der Waals surface area contributed by atoms with Crippen molar-refractivity contribution in [2.45, 2.75) is 114 Å². The highest BCUT2D eigenvalue weighted by Crippen LogP contribution is 2.32. The van der Waals surface area contributed by atoms with Gasteiger partial charge >= 0.3 is 24.4 Å². The number of ether oxygens (including phenoxy) is 4. The number of amides is 4. The Hall–Kier alpha value is -4.56. The lowest BCUT2D eigenvalue weighted by Gasteiger charge is -2.30. The highest BCUT2D eigenvalue weighted by molar-refractivity contribution is 5.72. The van der Waals surface area contributed by atoms with Crippen LogP contribution in [0.25, 0.3) is 0 Å². The lowest BCUT2D eigenvalue weighted by molar-refractivity contribution is 0.0663. The molecule has 1 aliphatic heterocycles. The minimum atomic E-state index is -1.29. The zero-order valence-corrected chi connectivity index (χ0v) is 27.0. The predicted octanol–water partition coefficient (Wildman–Crippen LogP) is 4.42. The van der Waals surface area contributed by atoms with Gasteiger partial charge in [0.05, 0.1) is 0 Å². The standard InChI is InChI=1S/C34H46N6O8/c35-29-37-32(42)46-24-16-10-8-14-22-12-4-2-6-18-28(26(22)20-24)48-34(44)40-30(36)38-31(41)45-23-15-9-7-13-21-11-3-1-5-17-27(25(21)19-23)47-33(43)39-29/h3-4,7-8,11-14,23-24,27-30H,1-2,5-6,9-10,15-20,35-36H2,(H,37,42)(H,38,41)(H,39,43)(H,40,44)/b11-3?,12-4?,13-7+,14-8+,25-21+,26-22+/t23?,24?,27?,28?,29-,30?/m1/s1. The van der Waals surface area contributed by atoms with Crippen LogP contribution in [0.1, 0.15) is 77.0 Å². The third-order valence-electron chi connectivity index (χ3n) is 8.73. The fourth-order valence-corrected chi connectivity index (χ4v) is 6.44. The summed E-state index contributed by atoms with van der Waals surface area (Å²) in [5, 5.41) is 9.88. The van der Waals surface area contributed by atoms with Crippen LogP contribution in [0, 0.1) is 0 Å². The molecule has 4 amide bonds. The normalized spacial score (nSPS) is 35.5. The summed E-state index contributed by atoms with van der Waals surface area (Å²) in [5.74, 6) is 0. The van der Waals surface area contributed by atoms with Crippen molar-refractivity contribution in [2.24, 2.45) is 11.5 Å². The number of carbonyl (C=O) groups is 4. The summed E-state index contributed by atoms with van der Waals surface area (Å²) in [6, 6.07) is 0. The van der Waals surface area contributed by atoms with Crippen molar-refractivity contribution in [3.05, 3.63) is 70.9 Å². The number of hydrogen-bond donors (Lipinski definition) is 6. The van der Waals surface area contributed by atoms with Crippen LogP contribution in [0.2, 0.25) is 0 Å². The lowest BCUT2D eigenvalue weighted by Crippen LogP contribution is -2.55. The van der Waals surface area contributed by atoms with Gasteiger partial charge in [-0.05, 0) is 86.5 Å². The molecule has 0 radical (unpaired) electrons. The number of alkyl carbamates (subject to hydrolysis) is 4. The maximum absolute atomic E-state index is 13.1. The third kappa shape index (κ3) is 10.2. The monoisotopic (exact) mass is 666 g/mol.